The van der Waals surface area contributed by atoms with Gasteiger partial charge in [-0.1, -0.05) is 6.08 Å². The average Bonchev–Trinajstić information content (AvgIpc) is 1.79. The molecule has 0 atom stereocenters. The van der Waals surface area contributed by atoms with Gasteiger partial charge in [0.1, 0.15) is 6.34 Å². The minimum Gasteiger partial charge on any atom is -0.241 e. The van der Waals surface area contributed by atoms with Gasteiger partial charge in [-0.2, -0.15) is 4.99 Å². The molecule has 1 heterocycles. The van der Waals surface area contributed by atoms with Crippen LogP contribution in [0.3, 0.4) is 0 Å². The fourth-order valence-corrected chi connectivity index (χ4v) is 0.541. The molecule has 1 rings (SSSR count). The van der Waals surface area contributed by atoms with Crippen LogP contribution in [-0.2, 0) is 0 Å². The summed E-state index contributed by atoms with van der Waals surface area (Å²) in [6.45, 7) is 1.95. The van der Waals surface area contributed by atoms with Gasteiger partial charge in [0, 0.05) is 5.70 Å². The standard InChI is InChI=1S/C7H8N2/c1-7-4-2-3-5-8-6-9-7/h3-4,6H,2H2,1H3. The maximum absolute atomic E-state index is 3.97. The number of rotatable bonds is 0. The smallest absolute Gasteiger partial charge is 0.125 e. The van der Waals surface area contributed by atoms with Crippen LogP contribution in [0.1, 0.15) is 13.3 Å². The Bertz CT molecular complexity index is 205. The van der Waals surface area contributed by atoms with Gasteiger partial charge in [0.05, 0.1) is 0 Å². The maximum Gasteiger partial charge on any atom is 0.125 e. The molecule has 0 radical (unpaired) electrons. The first-order valence-electron chi connectivity index (χ1n) is 2.86. The first kappa shape index (κ1) is 5.99. The first-order valence-corrected chi connectivity index (χ1v) is 2.86. The van der Waals surface area contributed by atoms with Crippen molar-refractivity contribution in [2.24, 2.45) is 9.98 Å². The van der Waals surface area contributed by atoms with Crippen molar-refractivity contribution in [2.75, 3.05) is 0 Å². The molecule has 1 aliphatic rings. The molecule has 0 aromatic heterocycles. The number of hydrogen-bond acceptors (Lipinski definition) is 2. The van der Waals surface area contributed by atoms with Crippen molar-refractivity contribution in [3.8, 4) is 0 Å². The maximum atomic E-state index is 3.97. The molecule has 0 aliphatic carbocycles. The van der Waals surface area contributed by atoms with E-state index < -0.39 is 0 Å². The Morgan fingerprint density at radius 1 is 1.67 bits per heavy atom. The van der Waals surface area contributed by atoms with Crippen molar-refractivity contribution < 1.29 is 0 Å². The van der Waals surface area contributed by atoms with E-state index in [2.05, 4.69) is 15.9 Å². The van der Waals surface area contributed by atoms with E-state index in [-0.39, 0.29) is 0 Å². The van der Waals surface area contributed by atoms with Gasteiger partial charge in [-0.15, -0.1) is 0 Å². The molecule has 0 spiro atoms. The predicted molar refractivity (Wildman–Crippen MR) is 38.9 cm³/mol. The SMILES string of the molecule is CC1=CCC=C=NC=N1. The summed E-state index contributed by atoms with van der Waals surface area (Å²) in [5.74, 6) is 2.71. The van der Waals surface area contributed by atoms with Gasteiger partial charge in [-0.3, -0.25) is 0 Å². The predicted octanol–water partition coefficient (Wildman–Crippen LogP) is 1.55. The molecular weight excluding hydrogens is 112 g/mol. The van der Waals surface area contributed by atoms with Crippen molar-refractivity contribution in [1.29, 1.82) is 0 Å². The Labute approximate surface area is 54.3 Å². The molecule has 0 saturated heterocycles. The molecule has 2 nitrogen and oxygen atoms in total. The van der Waals surface area contributed by atoms with E-state index >= 15 is 0 Å². The Hall–Kier alpha value is -1.14. The quantitative estimate of drug-likeness (QED) is 0.463. The van der Waals surface area contributed by atoms with Crippen LogP contribution < -0.4 is 0 Å². The molecule has 0 fully saturated rings. The lowest BCUT2D eigenvalue weighted by molar-refractivity contribution is 1.23. The summed E-state index contributed by atoms with van der Waals surface area (Å²) < 4.78 is 0. The van der Waals surface area contributed by atoms with Gasteiger partial charge in [-0.25, -0.2) is 4.99 Å². The van der Waals surface area contributed by atoms with Gasteiger partial charge >= 0.3 is 0 Å². The summed E-state index contributed by atoms with van der Waals surface area (Å²) >= 11 is 0. The number of aliphatic imine (C=N–C) groups is 2. The lowest BCUT2D eigenvalue weighted by Gasteiger charge is -1.88. The second kappa shape index (κ2) is 3.00. The van der Waals surface area contributed by atoms with E-state index in [4.69, 9.17) is 0 Å². The van der Waals surface area contributed by atoms with Crippen molar-refractivity contribution >= 4 is 12.2 Å². The molecule has 0 amide bonds. The van der Waals surface area contributed by atoms with Crippen LogP contribution in [0.15, 0.2) is 27.8 Å². The normalized spacial score (nSPS) is 16.8. The van der Waals surface area contributed by atoms with Crippen LogP contribution in [0, 0.1) is 0 Å². The largest absolute Gasteiger partial charge is 0.241 e. The van der Waals surface area contributed by atoms with Gasteiger partial charge < -0.3 is 0 Å². The molecule has 0 N–H and O–H groups in total. The van der Waals surface area contributed by atoms with Crippen molar-refractivity contribution in [1.82, 2.24) is 0 Å². The zero-order valence-corrected chi connectivity index (χ0v) is 5.33. The zero-order chi connectivity index (χ0) is 6.53. The van der Waals surface area contributed by atoms with Crippen LogP contribution in [0.5, 0.6) is 0 Å². The third kappa shape index (κ3) is 2.06. The van der Waals surface area contributed by atoms with E-state index in [0.717, 1.165) is 12.1 Å². The molecule has 0 unspecified atom stereocenters. The van der Waals surface area contributed by atoms with E-state index in [0.29, 0.717) is 0 Å². The highest BCUT2D eigenvalue weighted by Gasteiger charge is 1.80. The fraction of sp³-hybridized carbons (Fsp3) is 0.286. The van der Waals surface area contributed by atoms with E-state index in [1.165, 1.54) is 6.34 Å². The Morgan fingerprint density at radius 3 is 3.44 bits per heavy atom. The molecule has 0 aromatic carbocycles. The number of hydrogen-bond donors (Lipinski definition) is 0. The lowest BCUT2D eigenvalue weighted by atomic mass is 10.3. The Balaban J connectivity index is 2.77. The summed E-state index contributed by atoms with van der Waals surface area (Å²) in [7, 11) is 0. The number of allylic oxidation sites excluding steroid dienone is 3. The third-order valence-corrected chi connectivity index (χ3v) is 1.02. The summed E-state index contributed by atoms with van der Waals surface area (Å²) in [6, 6.07) is 0. The van der Waals surface area contributed by atoms with Crippen LogP contribution in [0.25, 0.3) is 0 Å². The minimum atomic E-state index is 0.882. The molecule has 9 heavy (non-hydrogen) atoms. The van der Waals surface area contributed by atoms with Crippen LogP contribution in [0.4, 0.5) is 0 Å². The van der Waals surface area contributed by atoms with Gasteiger partial charge in [0.25, 0.3) is 0 Å². The summed E-state index contributed by atoms with van der Waals surface area (Å²) in [6.07, 6.45) is 6.28. The fourth-order valence-electron chi connectivity index (χ4n) is 0.541. The van der Waals surface area contributed by atoms with E-state index in [1.54, 1.807) is 0 Å². The monoisotopic (exact) mass is 120 g/mol. The van der Waals surface area contributed by atoms with Crippen LogP contribution in [-0.4, -0.2) is 12.2 Å². The van der Waals surface area contributed by atoms with Crippen molar-refractivity contribution in [3.63, 3.8) is 0 Å². The lowest BCUT2D eigenvalue weighted by Crippen LogP contribution is -1.74. The van der Waals surface area contributed by atoms with E-state index in [1.807, 2.05) is 19.1 Å². The highest BCUT2D eigenvalue weighted by atomic mass is 14.8. The molecule has 1 aliphatic heterocycles. The van der Waals surface area contributed by atoms with Gasteiger partial charge in [0.15, 0.2) is 0 Å². The zero-order valence-electron chi connectivity index (χ0n) is 5.33. The topological polar surface area (TPSA) is 24.7 Å². The van der Waals surface area contributed by atoms with Gasteiger partial charge in [-0.05, 0) is 25.3 Å². The molecule has 2 heteroatoms. The van der Waals surface area contributed by atoms with Crippen molar-refractivity contribution in [2.45, 2.75) is 13.3 Å². The Kier molecular flexibility index (Phi) is 2.00. The van der Waals surface area contributed by atoms with Crippen LogP contribution >= 0.6 is 0 Å². The highest BCUT2D eigenvalue weighted by molar-refractivity contribution is 5.70. The summed E-state index contributed by atoms with van der Waals surface area (Å²) in [5, 5.41) is 0. The summed E-state index contributed by atoms with van der Waals surface area (Å²) in [5.41, 5.74) is 1.01. The van der Waals surface area contributed by atoms with Gasteiger partial charge in [0.2, 0.25) is 0 Å². The number of nitrogens with zero attached hydrogens (tertiary/aromatic N) is 2. The minimum absolute atomic E-state index is 0.882. The second-order valence-corrected chi connectivity index (χ2v) is 1.79. The average molecular weight is 120 g/mol. The molecule has 46 valence electrons. The van der Waals surface area contributed by atoms with Crippen LogP contribution in [0.2, 0.25) is 0 Å². The summed E-state index contributed by atoms with van der Waals surface area (Å²) in [4.78, 5) is 7.71. The first-order chi connectivity index (χ1) is 4.39. The highest BCUT2D eigenvalue weighted by Crippen LogP contribution is 1.96. The Morgan fingerprint density at radius 2 is 2.56 bits per heavy atom. The molecule has 0 saturated carbocycles. The molecule has 0 aromatic rings. The molecule has 0 bridgehead atoms. The van der Waals surface area contributed by atoms with Crippen molar-refractivity contribution in [3.05, 3.63) is 17.8 Å². The molecular formula is C7H8N2. The third-order valence-electron chi connectivity index (χ3n) is 1.02. The van der Waals surface area contributed by atoms with E-state index in [9.17, 15) is 0 Å². The second-order valence-electron chi connectivity index (χ2n) is 1.79.